The fourth-order valence-corrected chi connectivity index (χ4v) is 2.96. The summed E-state index contributed by atoms with van der Waals surface area (Å²) in [6.07, 6.45) is 0. The van der Waals surface area contributed by atoms with Crippen LogP contribution in [0.3, 0.4) is 0 Å². The number of ether oxygens (including phenoxy) is 2. The molecular formula is C16H17ClN4O4. The van der Waals surface area contributed by atoms with Gasteiger partial charge in [-0.15, -0.1) is 0 Å². The van der Waals surface area contributed by atoms with Crippen LogP contribution in [0.5, 0.6) is 11.5 Å². The number of Topliss-reactive ketones (excluding diaryl/α,β-unsaturated/α-hetero) is 1. The summed E-state index contributed by atoms with van der Waals surface area (Å²) in [5, 5.41) is 1.52. The molecule has 2 atom stereocenters. The third-order valence-electron chi connectivity index (χ3n) is 3.85. The highest BCUT2D eigenvalue weighted by Crippen LogP contribution is 2.40. The molecule has 1 aromatic carbocycles. The van der Waals surface area contributed by atoms with E-state index in [2.05, 4.69) is 15.4 Å². The molecule has 0 bridgehead atoms. The van der Waals surface area contributed by atoms with Crippen LogP contribution >= 0.6 is 11.6 Å². The van der Waals surface area contributed by atoms with E-state index in [1.165, 1.54) is 25.3 Å². The number of methoxy groups -OCH3 is 2. The third kappa shape index (κ3) is 3.18. The number of aromatic amines is 1. The smallest absolute Gasteiger partial charge is 0.252 e. The van der Waals surface area contributed by atoms with Gasteiger partial charge in [-0.2, -0.15) is 5.01 Å². The van der Waals surface area contributed by atoms with Crippen molar-refractivity contribution in [2.24, 2.45) is 0 Å². The molecule has 2 aromatic rings. The van der Waals surface area contributed by atoms with E-state index in [0.29, 0.717) is 22.8 Å². The fourth-order valence-electron chi connectivity index (χ4n) is 2.68. The van der Waals surface area contributed by atoms with E-state index < -0.39 is 11.5 Å². The molecule has 2 unspecified atom stereocenters. The molecule has 2 heterocycles. The van der Waals surface area contributed by atoms with Gasteiger partial charge in [-0.25, -0.2) is 4.98 Å². The van der Waals surface area contributed by atoms with Crippen molar-refractivity contribution in [1.29, 1.82) is 0 Å². The van der Waals surface area contributed by atoms with Gasteiger partial charge >= 0.3 is 0 Å². The first-order valence-electron chi connectivity index (χ1n) is 7.47. The molecule has 1 aromatic heterocycles. The molecule has 2 N–H and O–H groups in total. The van der Waals surface area contributed by atoms with Crippen molar-refractivity contribution in [2.45, 2.75) is 18.5 Å². The summed E-state index contributed by atoms with van der Waals surface area (Å²) in [6, 6.07) is 5.93. The van der Waals surface area contributed by atoms with Gasteiger partial charge in [0, 0.05) is 11.8 Å². The Balaban J connectivity index is 1.90. The van der Waals surface area contributed by atoms with E-state index in [1.54, 1.807) is 25.1 Å². The lowest BCUT2D eigenvalue weighted by Gasteiger charge is -2.43. The van der Waals surface area contributed by atoms with Gasteiger partial charge < -0.3 is 9.47 Å². The molecule has 3 rings (SSSR count). The number of carbonyl (C=O) groups excluding carboxylic acids is 1. The molecule has 25 heavy (non-hydrogen) atoms. The molecule has 132 valence electrons. The van der Waals surface area contributed by atoms with Crippen molar-refractivity contribution in [3.05, 3.63) is 45.9 Å². The Labute approximate surface area is 148 Å². The average Bonchev–Trinajstić information content (AvgIpc) is 2.59. The Morgan fingerprint density at radius 3 is 2.56 bits per heavy atom. The highest BCUT2D eigenvalue weighted by molar-refractivity contribution is 6.34. The first kappa shape index (κ1) is 17.2. The van der Waals surface area contributed by atoms with Crippen molar-refractivity contribution in [2.75, 3.05) is 19.6 Å². The van der Waals surface area contributed by atoms with Gasteiger partial charge in [0.1, 0.15) is 6.04 Å². The lowest BCUT2D eigenvalue weighted by Crippen LogP contribution is -2.59. The highest BCUT2D eigenvalue weighted by atomic mass is 35.5. The summed E-state index contributed by atoms with van der Waals surface area (Å²) < 4.78 is 10.5. The molecule has 9 heteroatoms. The van der Waals surface area contributed by atoms with Gasteiger partial charge in [0.05, 0.1) is 14.2 Å². The monoisotopic (exact) mass is 364 g/mol. The predicted octanol–water partition coefficient (Wildman–Crippen LogP) is 1.61. The summed E-state index contributed by atoms with van der Waals surface area (Å²) in [7, 11) is 3.06. The Hall–Kier alpha value is -2.58. The van der Waals surface area contributed by atoms with Gasteiger partial charge in [0.25, 0.3) is 5.56 Å². The Kier molecular flexibility index (Phi) is 4.65. The molecular weight excluding hydrogens is 348 g/mol. The molecule has 1 fully saturated rings. The van der Waals surface area contributed by atoms with Crippen molar-refractivity contribution >= 4 is 23.3 Å². The number of halogens is 1. The highest BCUT2D eigenvalue weighted by Gasteiger charge is 2.48. The largest absolute Gasteiger partial charge is 0.493 e. The number of rotatable bonds is 5. The Morgan fingerprint density at radius 2 is 1.92 bits per heavy atom. The molecule has 0 aliphatic carbocycles. The molecule has 1 aliphatic rings. The molecule has 8 nitrogen and oxygen atoms in total. The zero-order valence-electron chi connectivity index (χ0n) is 13.9. The molecule has 0 amide bonds. The number of anilines is 1. The maximum atomic E-state index is 12.3. The third-order valence-corrected chi connectivity index (χ3v) is 4.28. The van der Waals surface area contributed by atoms with E-state index in [9.17, 15) is 9.59 Å². The lowest BCUT2D eigenvalue weighted by molar-refractivity contribution is -0.137. The van der Waals surface area contributed by atoms with Gasteiger partial charge in [0.15, 0.2) is 22.8 Å². The van der Waals surface area contributed by atoms with Crippen LogP contribution in [0.1, 0.15) is 17.3 Å². The standard InChI is InChI=1S/C16H17ClN4O4/c1-8-6-12(22)19-16(18-8)20-21-13(14(23)15(21)17)9-4-5-10(24-2)11(7-9)25-3/h4-7,13,15H,1-3H3,(H2,18,19,20,22). The number of benzene rings is 1. The van der Waals surface area contributed by atoms with Crippen molar-refractivity contribution in [1.82, 2.24) is 15.0 Å². The van der Waals surface area contributed by atoms with Gasteiger partial charge in [-0.1, -0.05) is 17.7 Å². The van der Waals surface area contributed by atoms with Crippen LogP contribution in [0.25, 0.3) is 0 Å². The first-order chi connectivity index (χ1) is 11.9. The van der Waals surface area contributed by atoms with Gasteiger partial charge in [0.2, 0.25) is 5.95 Å². The zero-order valence-corrected chi connectivity index (χ0v) is 14.6. The van der Waals surface area contributed by atoms with E-state index in [0.717, 1.165) is 0 Å². The van der Waals surface area contributed by atoms with E-state index in [-0.39, 0.29) is 17.3 Å². The normalized spacial score (nSPS) is 20.1. The van der Waals surface area contributed by atoms with Crippen molar-refractivity contribution in [3.63, 3.8) is 0 Å². The van der Waals surface area contributed by atoms with Crippen LogP contribution in [-0.4, -0.2) is 40.5 Å². The zero-order chi connectivity index (χ0) is 18.1. The molecule has 0 spiro atoms. The van der Waals surface area contributed by atoms with Gasteiger partial charge in [-0.05, 0) is 24.6 Å². The van der Waals surface area contributed by atoms with Crippen LogP contribution in [0.4, 0.5) is 5.95 Å². The second-order valence-corrected chi connectivity index (χ2v) is 5.92. The number of H-pyrrole nitrogens is 1. The van der Waals surface area contributed by atoms with Crippen LogP contribution in [-0.2, 0) is 4.79 Å². The number of hydrogen-bond acceptors (Lipinski definition) is 7. The van der Waals surface area contributed by atoms with Crippen LogP contribution < -0.4 is 20.5 Å². The fraction of sp³-hybridized carbons (Fsp3) is 0.312. The summed E-state index contributed by atoms with van der Waals surface area (Å²) in [5.41, 5.74) is 2.96. The Bertz CT molecular complexity index is 869. The number of nitrogens with zero attached hydrogens (tertiary/aromatic N) is 2. The molecule has 0 saturated carbocycles. The lowest BCUT2D eigenvalue weighted by atomic mass is 9.94. The maximum absolute atomic E-state index is 12.3. The summed E-state index contributed by atoms with van der Waals surface area (Å²) in [5.74, 6) is 1.11. The molecule has 1 saturated heterocycles. The van der Waals surface area contributed by atoms with Crippen LogP contribution in [0.2, 0.25) is 0 Å². The quantitative estimate of drug-likeness (QED) is 0.614. The number of hydrazine groups is 1. The number of aromatic nitrogens is 2. The second-order valence-electron chi connectivity index (χ2n) is 5.51. The number of hydrogen-bond donors (Lipinski definition) is 2. The predicted molar refractivity (Wildman–Crippen MR) is 92.0 cm³/mol. The summed E-state index contributed by atoms with van der Waals surface area (Å²) in [6.45, 7) is 1.70. The molecule has 0 radical (unpaired) electrons. The summed E-state index contributed by atoms with van der Waals surface area (Å²) in [4.78, 5) is 30.6. The number of aryl methyl sites for hydroxylation is 1. The van der Waals surface area contributed by atoms with Crippen LogP contribution in [0, 0.1) is 6.92 Å². The number of carbonyl (C=O) groups is 1. The first-order valence-corrected chi connectivity index (χ1v) is 7.91. The minimum atomic E-state index is -0.871. The van der Waals surface area contributed by atoms with E-state index in [1.807, 2.05) is 0 Å². The Morgan fingerprint density at radius 1 is 1.20 bits per heavy atom. The topological polar surface area (TPSA) is 96.5 Å². The summed E-state index contributed by atoms with van der Waals surface area (Å²) >= 11 is 6.11. The van der Waals surface area contributed by atoms with Crippen molar-refractivity contribution in [3.8, 4) is 11.5 Å². The molecule has 1 aliphatic heterocycles. The average molecular weight is 365 g/mol. The van der Waals surface area contributed by atoms with Gasteiger partial charge in [-0.3, -0.25) is 20.0 Å². The second kappa shape index (κ2) is 6.73. The number of ketones is 1. The van der Waals surface area contributed by atoms with E-state index >= 15 is 0 Å². The van der Waals surface area contributed by atoms with E-state index in [4.69, 9.17) is 21.1 Å². The van der Waals surface area contributed by atoms with Crippen molar-refractivity contribution < 1.29 is 14.3 Å². The minimum absolute atomic E-state index is 0.170. The SMILES string of the molecule is COc1ccc(C2C(=O)C(Cl)N2Nc2nc(C)cc(=O)[nH]2)cc1OC. The number of alkyl halides is 1. The maximum Gasteiger partial charge on any atom is 0.252 e. The number of nitrogens with one attached hydrogen (secondary N) is 2. The van der Waals surface area contributed by atoms with Crippen LogP contribution in [0.15, 0.2) is 29.1 Å². The minimum Gasteiger partial charge on any atom is -0.493 e.